The molecule has 1 amide bonds. The van der Waals surface area contributed by atoms with Crippen LogP contribution in [0.4, 0.5) is 5.69 Å². The fraction of sp³-hybridized carbons (Fsp3) is 0.391. The molecule has 0 radical (unpaired) electrons. The SMILES string of the molecule is Cc1ccc2c(c1Br)[C@](O)(CC(=O)c1ccc(C3CCCCC3)cc1)C(=O)N2. The number of rotatable bonds is 4. The third-order valence-corrected chi connectivity index (χ3v) is 7.12. The predicted molar refractivity (Wildman–Crippen MR) is 113 cm³/mol. The summed E-state index contributed by atoms with van der Waals surface area (Å²) in [6, 6.07) is 11.3. The summed E-state index contributed by atoms with van der Waals surface area (Å²) < 4.78 is 0.659. The molecule has 4 nitrogen and oxygen atoms in total. The van der Waals surface area contributed by atoms with Gasteiger partial charge in [-0.2, -0.15) is 0 Å². The minimum absolute atomic E-state index is 0.242. The highest BCUT2D eigenvalue weighted by molar-refractivity contribution is 9.10. The number of fused-ring (bicyclic) bond motifs is 1. The summed E-state index contributed by atoms with van der Waals surface area (Å²) in [5, 5.41) is 13.8. The molecule has 28 heavy (non-hydrogen) atoms. The van der Waals surface area contributed by atoms with Crippen LogP contribution >= 0.6 is 15.9 Å². The van der Waals surface area contributed by atoms with Crippen LogP contribution in [0.3, 0.4) is 0 Å². The van der Waals surface area contributed by atoms with Gasteiger partial charge in [-0.1, -0.05) is 65.5 Å². The third-order valence-electron chi connectivity index (χ3n) is 6.10. The molecule has 2 aliphatic rings. The molecule has 1 saturated carbocycles. The first-order valence-electron chi connectivity index (χ1n) is 9.87. The Morgan fingerprint density at radius 3 is 2.50 bits per heavy atom. The number of benzene rings is 2. The smallest absolute Gasteiger partial charge is 0.261 e. The Morgan fingerprint density at radius 2 is 1.82 bits per heavy atom. The average Bonchev–Trinajstić information content (AvgIpc) is 2.96. The van der Waals surface area contributed by atoms with E-state index in [4.69, 9.17) is 0 Å². The number of hydrogen-bond donors (Lipinski definition) is 2. The summed E-state index contributed by atoms with van der Waals surface area (Å²) in [7, 11) is 0. The number of halogens is 1. The van der Waals surface area contributed by atoms with Crippen molar-refractivity contribution in [2.45, 2.75) is 57.0 Å². The molecule has 0 saturated heterocycles. The van der Waals surface area contributed by atoms with Crippen molar-refractivity contribution in [3.63, 3.8) is 0 Å². The number of carbonyl (C=O) groups excluding carboxylic acids is 2. The van der Waals surface area contributed by atoms with Gasteiger partial charge in [0.2, 0.25) is 0 Å². The lowest BCUT2D eigenvalue weighted by Gasteiger charge is -2.23. The zero-order valence-electron chi connectivity index (χ0n) is 15.9. The fourth-order valence-corrected chi connectivity index (χ4v) is 5.08. The van der Waals surface area contributed by atoms with Gasteiger partial charge >= 0.3 is 0 Å². The van der Waals surface area contributed by atoms with E-state index in [9.17, 15) is 14.7 Å². The van der Waals surface area contributed by atoms with Gasteiger partial charge in [-0.05, 0) is 42.9 Å². The number of aryl methyl sites for hydroxylation is 1. The second-order valence-corrected chi connectivity index (χ2v) is 8.78. The predicted octanol–water partition coefficient (Wildman–Crippen LogP) is 5.22. The van der Waals surface area contributed by atoms with E-state index >= 15 is 0 Å². The third kappa shape index (κ3) is 3.31. The average molecular weight is 442 g/mol. The molecule has 1 aliphatic heterocycles. The van der Waals surface area contributed by atoms with Gasteiger partial charge in [0.25, 0.3) is 5.91 Å². The molecule has 0 bridgehead atoms. The van der Waals surface area contributed by atoms with Crippen molar-refractivity contribution in [2.75, 3.05) is 5.32 Å². The normalized spacial score (nSPS) is 22.0. The number of amides is 1. The van der Waals surface area contributed by atoms with E-state index in [0.29, 0.717) is 27.2 Å². The first-order valence-corrected chi connectivity index (χ1v) is 10.7. The van der Waals surface area contributed by atoms with E-state index in [1.165, 1.54) is 37.7 Å². The minimum atomic E-state index is -1.86. The second-order valence-electron chi connectivity index (χ2n) is 7.99. The molecule has 1 atom stereocenters. The fourth-order valence-electron chi connectivity index (χ4n) is 4.41. The van der Waals surface area contributed by atoms with Gasteiger partial charge in [0.1, 0.15) is 0 Å². The molecule has 0 spiro atoms. The van der Waals surface area contributed by atoms with Gasteiger partial charge < -0.3 is 10.4 Å². The monoisotopic (exact) mass is 441 g/mol. The number of hydrogen-bond acceptors (Lipinski definition) is 3. The quantitative estimate of drug-likeness (QED) is 0.639. The Balaban J connectivity index is 1.57. The van der Waals surface area contributed by atoms with Gasteiger partial charge in [-0.3, -0.25) is 9.59 Å². The summed E-state index contributed by atoms with van der Waals surface area (Å²) in [5.74, 6) is -0.219. The van der Waals surface area contributed by atoms with Crippen LogP contribution in [0, 0.1) is 6.92 Å². The van der Waals surface area contributed by atoms with E-state index in [-0.39, 0.29) is 12.2 Å². The summed E-state index contributed by atoms with van der Waals surface area (Å²) in [5.41, 5.74) is 1.84. The van der Waals surface area contributed by atoms with Gasteiger partial charge in [-0.25, -0.2) is 0 Å². The van der Waals surface area contributed by atoms with Crippen LogP contribution in [0.2, 0.25) is 0 Å². The lowest BCUT2D eigenvalue weighted by Crippen LogP contribution is -2.36. The van der Waals surface area contributed by atoms with Crippen LogP contribution in [0.1, 0.15) is 71.5 Å². The van der Waals surface area contributed by atoms with Crippen molar-refractivity contribution in [1.29, 1.82) is 0 Å². The van der Waals surface area contributed by atoms with Gasteiger partial charge in [0.05, 0.1) is 6.42 Å². The molecule has 1 heterocycles. The second kappa shape index (κ2) is 7.45. The zero-order chi connectivity index (χ0) is 19.9. The van der Waals surface area contributed by atoms with Crippen LogP contribution in [-0.4, -0.2) is 16.8 Å². The summed E-state index contributed by atoms with van der Waals surface area (Å²) in [6.45, 7) is 1.89. The Bertz CT molecular complexity index is 932. The maximum Gasteiger partial charge on any atom is 0.261 e. The minimum Gasteiger partial charge on any atom is -0.375 e. The van der Waals surface area contributed by atoms with Crippen LogP contribution in [0.15, 0.2) is 40.9 Å². The van der Waals surface area contributed by atoms with Crippen molar-refractivity contribution < 1.29 is 14.7 Å². The Kier molecular flexibility index (Phi) is 5.15. The Morgan fingerprint density at radius 1 is 1.14 bits per heavy atom. The molecular formula is C23H24BrNO3. The van der Waals surface area contributed by atoms with Gasteiger partial charge in [-0.15, -0.1) is 0 Å². The topological polar surface area (TPSA) is 66.4 Å². The maximum absolute atomic E-state index is 12.9. The first kappa shape index (κ1) is 19.3. The highest BCUT2D eigenvalue weighted by Crippen LogP contribution is 2.44. The van der Waals surface area contributed by atoms with Crippen molar-refractivity contribution >= 4 is 33.3 Å². The highest BCUT2D eigenvalue weighted by Gasteiger charge is 2.48. The van der Waals surface area contributed by atoms with Crippen LogP contribution in [0.5, 0.6) is 0 Å². The number of carbonyl (C=O) groups is 2. The molecule has 1 aliphatic carbocycles. The standard InChI is InChI=1S/C23H24BrNO3/c1-14-7-12-18-20(21(14)24)23(28,22(27)25-18)13-19(26)17-10-8-16(9-11-17)15-5-3-2-4-6-15/h7-12,15,28H,2-6,13H2,1H3,(H,25,27)/t23-/m1/s1. The Hall–Kier alpha value is -1.98. The van der Waals surface area contributed by atoms with Crippen LogP contribution < -0.4 is 5.32 Å². The Labute approximate surface area is 173 Å². The number of Topliss-reactive ketones (excluding diaryl/α,β-unsaturated/α-hetero) is 1. The number of nitrogens with one attached hydrogen (secondary N) is 1. The summed E-state index contributed by atoms with van der Waals surface area (Å²) in [6.07, 6.45) is 5.97. The van der Waals surface area contributed by atoms with Crippen LogP contribution in [0.25, 0.3) is 0 Å². The number of ketones is 1. The van der Waals surface area contributed by atoms with E-state index in [1.807, 2.05) is 37.3 Å². The molecule has 2 aromatic carbocycles. The molecule has 4 rings (SSSR count). The summed E-state index contributed by atoms with van der Waals surface area (Å²) in [4.78, 5) is 25.4. The molecular weight excluding hydrogens is 418 g/mol. The largest absolute Gasteiger partial charge is 0.375 e. The maximum atomic E-state index is 12.9. The lowest BCUT2D eigenvalue weighted by molar-refractivity contribution is -0.133. The number of aliphatic hydroxyl groups is 1. The van der Waals surface area contributed by atoms with Crippen molar-refractivity contribution in [3.05, 3.63) is 63.1 Å². The lowest BCUT2D eigenvalue weighted by atomic mass is 9.83. The van der Waals surface area contributed by atoms with Crippen LogP contribution in [-0.2, 0) is 10.4 Å². The van der Waals surface area contributed by atoms with E-state index < -0.39 is 11.5 Å². The molecule has 0 aromatic heterocycles. The first-order chi connectivity index (χ1) is 13.4. The molecule has 0 unspecified atom stereocenters. The van der Waals surface area contributed by atoms with E-state index in [2.05, 4.69) is 21.2 Å². The number of anilines is 1. The van der Waals surface area contributed by atoms with Gasteiger partial charge in [0.15, 0.2) is 11.4 Å². The van der Waals surface area contributed by atoms with Gasteiger partial charge in [0, 0.05) is 21.3 Å². The van der Waals surface area contributed by atoms with E-state index in [0.717, 1.165) is 5.56 Å². The van der Waals surface area contributed by atoms with E-state index in [1.54, 1.807) is 6.07 Å². The molecule has 5 heteroatoms. The highest BCUT2D eigenvalue weighted by atomic mass is 79.9. The summed E-state index contributed by atoms with van der Waals surface area (Å²) >= 11 is 3.47. The molecule has 1 fully saturated rings. The van der Waals surface area contributed by atoms with Crippen molar-refractivity contribution in [1.82, 2.24) is 0 Å². The molecule has 2 aromatic rings. The van der Waals surface area contributed by atoms with Crippen molar-refractivity contribution in [2.24, 2.45) is 0 Å². The molecule has 2 N–H and O–H groups in total. The molecule has 146 valence electrons. The van der Waals surface area contributed by atoms with Crippen molar-refractivity contribution in [3.8, 4) is 0 Å². The zero-order valence-corrected chi connectivity index (χ0v) is 17.5.